The third-order valence-corrected chi connectivity index (χ3v) is 9.29. The van der Waals surface area contributed by atoms with Gasteiger partial charge in [-0.15, -0.1) is 0 Å². The monoisotopic (exact) mass is 570 g/mol. The van der Waals surface area contributed by atoms with E-state index >= 15 is 0 Å². The van der Waals surface area contributed by atoms with Gasteiger partial charge in [0.25, 0.3) is 5.97 Å². The number of unbranched alkanes of at least 4 members (excludes halogenated alkanes) is 5. The van der Waals surface area contributed by atoms with Gasteiger partial charge in [0.15, 0.2) is 16.6 Å². The highest BCUT2D eigenvalue weighted by molar-refractivity contribution is 6.71. The smallest absolute Gasteiger partial charge is 0.292 e. The van der Waals surface area contributed by atoms with Gasteiger partial charge in [-0.05, 0) is 78.2 Å². The molecule has 0 N–H and O–H groups in total. The summed E-state index contributed by atoms with van der Waals surface area (Å²) in [6, 6.07) is 0. The van der Waals surface area contributed by atoms with E-state index in [-0.39, 0.29) is 30.0 Å². The van der Waals surface area contributed by atoms with E-state index in [2.05, 4.69) is 58.4 Å². The van der Waals surface area contributed by atoms with Gasteiger partial charge < -0.3 is 13.3 Å². The molecule has 0 aromatic carbocycles. The standard InChI is InChI=1S/C29H58O5Si3/c1-11-12-15-18-24(32-35(2,3)4)21-22-26-25(27(30)23-28(26)33-36(5,6)7)19-16-13-14-17-20-29(31)34-37(8,9)10/h21-22,24-26,28H,11-20,23H2,1-10H3/b22-21+/t24-,25-,26+,28+/m0/s1. The highest BCUT2D eigenvalue weighted by atomic mass is 28.4. The lowest BCUT2D eigenvalue weighted by molar-refractivity contribution is -0.135. The van der Waals surface area contributed by atoms with E-state index in [1.807, 2.05) is 19.6 Å². The van der Waals surface area contributed by atoms with Gasteiger partial charge in [0.1, 0.15) is 5.78 Å². The fourth-order valence-electron chi connectivity index (χ4n) is 5.02. The number of carbonyl (C=O) groups is 2. The van der Waals surface area contributed by atoms with Crippen molar-refractivity contribution in [1.29, 1.82) is 0 Å². The first-order chi connectivity index (χ1) is 17.0. The molecule has 0 saturated heterocycles. The highest BCUT2D eigenvalue weighted by Crippen LogP contribution is 2.38. The Bertz CT molecular complexity index is 719. The van der Waals surface area contributed by atoms with Crippen LogP contribution in [0, 0.1) is 11.8 Å². The van der Waals surface area contributed by atoms with Crippen LogP contribution in [0.15, 0.2) is 12.2 Å². The van der Waals surface area contributed by atoms with E-state index in [9.17, 15) is 9.59 Å². The Kier molecular flexibility index (Phi) is 14.8. The summed E-state index contributed by atoms with van der Waals surface area (Å²) in [5, 5.41) is 0. The van der Waals surface area contributed by atoms with Crippen molar-refractivity contribution < 1.29 is 22.9 Å². The van der Waals surface area contributed by atoms with Crippen LogP contribution in [0.5, 0.6) is 0 Å². The topological polar surface area (TPSA) is 61.8 Å². The number of hydrogen-bond donors (Lipinski definition) is 0. The molecule has 0 radical (unpaired) electrons. The molecule has 1 aliphatic rings. The fourth-order valence-corrected chi connectivity index (χ4v) is 8.06. The zero-order valence-corrected chi connectivity index (χ0v) is 28.8. The Hall–Kier alpha value is -0.549. The van der Waals surface area contributed by atoms with Crippen LogP contribution in [-0.4, -0.2) is 48.9 Å². The first kappa shape index (κ1) is 34.5. The number of rotatable bonds is 18. The van der Waals surface area contributed by atoms with Crippen molar-refractivity contribution >= 4 is 36.7 Å². The van der Waals surface area contributed by atoms with Gasteiger partial charge in [-0.2, -0.15) is 0 Å². The van der Waals surface area contributed by atoms with Gasteiger partial charge in [-0.1, -0.05) is 57.6 Å². The van der Waals surface area contributed by atoms with E-state index in [0.717, 1.165) is 38.5 Å². The van der Waals surface area contributed by atoms with Crippen LogP contribution < -0.4 is 0 Å². The Labute approximate surface area is 231 Å². The minimum atomic E-state index is -1.80. The predicted octanol–water partition coefficient (Wildman–Crippen LogP) is 8.49. The largest absolute Gasteiger partial charge is 0.520 e. The Morgan fingerprint density at radius 1 is 0.892 bits per heavy atom. The molecule has 5 nitrogen and oxygen atoms in total. The fraction of sp³-hybridized carbons (Fsp3) is 0.862. The second kappa shape index (κ2) is 15.9. The average molecular weight is 571 g/mol. The lowest BCUT2D eigenvalue weighted by Crippen LogP contribution is -2.35. The van der Waals surface area contributed by atoms with E-state index in [1.165, 1.54) is 19.3 Å². The van der Waals surface area contributed by atoms with Crippen molar-refractivity contribution in [2.75, 3.05) is 0 Å². The molecule has 37 heavy (non-hydrogen) atoms. The van der Waals surface area contributed by atoms with E-state index in [0.29, 0.717) is 18.6 Å². The molecule has 0 aromatic rings. The maximum Gasteiger partial charge on any atom is 0.292 e. The molecule has 4 atom stereocenters. The summed E-state index contributed by atoms with van der Waals surface area (Å²) in [4.78, 5) is 25.1. The minimum Gasteiger partial charge on any atom is -0.520 e. The molecule has 0 unspecified atom stereocenters. The maximum absolute atomic E-state index is 13.1. The minimum absolute atomic E-state index is 0.0140. The summed E-state index contributed by atoms with van der Waals surface area (Å²) in [6.45, 7) is 21.7. The first-order valence-electron chi connectivity index (χ1n) is 14.8. The zero-order chi connectivity index (χ0) is 28.3. The predicted molar refractivity (Wildman–Crippen MR) is 163 cm³/mol. The highest BCUT2D eigenvalue weighted by Gasteiger charge is 2.42. The van der Waals surface area contributed by atoms with Gasteiger partial charge in [0.2, 0.25) is 8.32 Å². The Morgan fingerprint density at radius 3 is 2.11 bits per heavy atom. The Morgan fingerprint density at radius 2 is 1.54 bits per heavy atom. The molecule has 0 aromatic heterocycles. The van der Waals surface area contributed by atoms with Crippen LogP contribution in [0.2, 0.25) is 58.9 Å². The van der Waals surface area contributed by atoms with Crippen LogP contribution in [-0.2, 0) is 22.9 Å². The first-order valence-corrected chi connectivity index (χ1v) is 25.0. The second-order valence-corrected chi connectivity index (χ2v) is 27.2. The quantitative estimate of drug-likeness (QED) is 0.0939. The van der Waals surface area contributed by atoms with Crippen LogP contribution in [0.1, 0.15) is 77.6 Å². The summed E-state index contributed by atoms with van der Waals surface area (Å²) < 4.78 is 18.6. The molecule has 1 aliphatic carbocycles. The molecular formula is C29H58O5Si3. The normalized spacial score (nSPS) is 22.1. The molecule has 0 heterocycles. The van der Waals surface area contributed by atoms with Crippen molar-refractivity contribution in [1.82, 2.24) is 0 Å². The third-order valence-electron chi connectivity index (χ3n) is 6.43. The summed E-state index contributed by atoms with van der Waals surface area (Å²) in [7, 11) is -5.25. The van der Waals surface area contributed by atoms with Gasteiger partial charge in [0.05, 0.1) is 12.2 Å². The Balaban J connectivity index is 2.79. The van der Waals surface area contributed by atoms with Gasteiger partial charge in [-0.25, -0.2) is 0 Å². The van der Waals surface area contributed by atoms with Crippen LogP contribution in [0.25, 0.3) is 0 Å². The van der Waals surface area contributed by atoms with Crippen molar-refractivity contribution in [2.45, 2.75) is 149 Å². The maximum atomic E-state index is 13.1. The molecular weight excluding hydrogens is 513 g/mol. The SMILES string of the molecule is CCCCC[C@@H](/C=C/[C@@H]1[C@H](CCCCCCC(=O)O[Si](C)(C)C)C(=O)C[C@H]1O[Si](C)(C)C)O[Si](C)(C)C. The van der Waals surface area contributed by atoms with E-state index < -0.39 is 25.0 Å². The number of Topliss-reactive ketones (excluding diaryl/α,β-unsaturated/α-hetero) is 1. The van der Waals surface area contributed by atoms with Gasteiger partial charge in [-0.3, -0.25) is 9.59 Å². The van der Waals surface area contributed by atoms with Crippen LogP contribution in [0.4, 0.5) is 0 Å². The van der Waals surface area contributed by atoms with Crippen molar-refractivity contribution in [3.05, 3.63) is 12.2 Å². The van der Waals surface area contributed by atoms with Crippen molar-refractivity contribution in [3.8, 4) is 0 Å². The van der Waals surface area contributed by atoms with E-state index in [1.54, 1.807) is 0 Å². The zero-order valence-electron chi connectivity index (χ0n) is 25.8. The molecule has 1 fully saturated rings. The summed E-state index contributed by atoms with van der Waals surface area (Å²) >= 11 is 0. The van der Waals surface area contributed by atoms with Gasteiger partial charge >= 0.3 is 0 Å². The summed E-state index contributed by atoms with van der Waals surface area (Å²) in [5.74, 6) is 0.448. The lowest BCUT2D eigenvalue weighted by atomic mass is 9.88. The number of hydrogen-bond acceptors (Lipinski definition) is 5. The van der Waals surface area contributed by atoms with Crippen molar-refractivity contribution in [3.63, 3.8) is 0 Å². The molecule has 0 bridgehead atoms. The van der Waals surface area contributed by atoms with Gasteiger partial charge in [0, 0.05) is 24.7 Å². The molecule has 0 amide bonds. The number of ketones is 1. The van der Waals surface area contributed by atoms with Crippen LogP contribution in [0.3, 0.4) is 0 Å². The molecule has 8 heteroatoms. The third kappa shape index (κ3) is 16.2. The molecule has 0 spiro atoms. The van der Waals surface area contributed by atoms with Crippen LogP contribution >= 0.6 is 0 Å². The summed E-state index contributed by atoms with van der Waals surface area (Å²) in [6.07, 6.45) is 15.1. The number of carbonyl (C=O) groups excluding carboxylic acids is 2. The molecule has 1 rings (SSSR count). The second-order valence-electron chi connectivity index (χ2n) is 13.8. The lowest BCUT2D eigenvalue weighted by Gasteiger charge is -2.29. The summed E-state index contributed by atoms with van der Waals surface area (Å²) in [5.41, 5.74) is 0. The van der Waals surface area contributed by atoms with E-state index in [4.69, 9.17) is 13.3 Å². The molecule has 0 aliphatic heterocycles. The average Bonchev–Trinajstić information content (AvgIpc) is 2.98. The molecule has 1 saturated carbocycles. The molecule has 216 valence electrons. The van der Waals surface area contributed by atoms with Crippen molar-refractivity contribution in [2.24, 2.45) is 11.8 Å².